The molecule has 7 nitrogen and oxygen atoms in total. The molecule has 0 atom stereocenters. The van der Waals surface area contributed by atoms with Crippen LogP contribution in [0.5, 0.6) is 0 Å². The van der Waals surface area contributed by atoms with E-state index in [0.717, 1.165) is 31.5 Å². The van der Waals surface area contributed by atoms with E-state index in [1.807, 2.05) is 17.4 Å². The number of carbonyl (C=O) groups excluding carboxylic acids is 1. The van der Waals surface area contributed by atoms with E-state index in [1.165, 1.54) is 11.3 Å². The number of likely N-dealkylation sites (tertiary alicyclic amines) is 1. The predicted molar refractivity (Wildman–Crippen MR) is 112 cm³/mol. The van der Waals surface area contributed by atoms with Crippen LogP contribution in [0, 0.1) is 0 Å². The molecule has 3 heterocycles. The second kappa shape index (κ2) is 8.38. The number of anilines is 1. The second-order valence-electron chi connectivity index (χ2n) is 7.03. The van der Waals surface area contributed by atoms with Crippen LogP contribution in [0.25, 0.3) is 0 Å². The Kier molecular flexibility index (Phi) is 5.68. The van der Waals surface area contributed by atoms with Gasteiger partial charge in [-0.15, -0.1) is 11.3 Å². The fraction of sp³-hybridized carbons (Fsp3) is 0.300. The monoisotopic (exact) mass is 430 g/mol. The molecule has 1 fully saturated rings. The minimum atomic E-state index is -3.56. The van der Waals surface area contributed by atoms with Gasteiger partial charge in [0.1, 0.15) is 4.21 Å². The molecule has 0 spiro atoms. The summed E-state index contributed by atoms with van der Waals surface area (Å²) in [6.45, 7) is 1.47. The number of thiophene rings is 1. The molecule has 1 aliphatic rings. The van der Waals surface area contributed by atoms with Crippen molar-refractivity contribution in [2.24, 2.45) is 0 Å². The van der Waals surface area contributed by atoms with Crippen LogP contribution in [0.3, 0.4) is 0 Å². The minimum absolute atomic E-state index is 0.0981. The van der Waals surface area contributed by atoms with Crippen molar-refractivity contribution in [1.29, 1.82) is 0 Å². The van der Waals surface area contributed by atoms with Crippen molar-refractivity contribution in [2.45, 2.75) is 29.5 Å². The number of carbonyl (C=O) groups is 1. The zero-order valence-electron chi connectivity index (χ0n) is 15.8. The molecular formula is C20H22N4O3S2. The van der Waals surface area contributed by atoms with Gasteiger partial charge in [-0.2, -0.15) is 0 Å². The lowest BCUT2D eigenvalue weighted by molar-refractivity contribution is -0.131. The van der Waals surface area contributed by atoms with Crippen molar-refractivity contribution >= 4 is 33.0 Å². The van der Waals surface area contributed by atoms with E-state index in [9.17, 15) is 13.2 Å². The number of rotatable bonds is 6. The van der Waals surface area contributed by atoms with E-state index in [4.69, 9.17) is 0 Å². The normalized spacial score (nSPS) is 15.4. The third-order valence-corrected chi connectivity index (χ3v) is 7.86. The van der Waals surface area contributed by atoms with Crippen molar-refractivity contribution < 1.29 is 13.2 Å². The highest BCUT2D eigenvalue weighted by Gasteiger charge is 2.23. The molecule has 152 valence electrons. The van der Waals surface area contributed by atoms with Gasteiger partial charge in [0, 0.05) is 37.2 Å². The summed E-state index contributed by atoms with van der Waals surface area (Å²) in [5, 5.41) is 1.72. The summed E-state index contributed by atoms with van der Waals surface area (Å²) in [6, 6.07) is 10.6. The molecule has 4 rings (SSSR count). The van der Waals surface area contributed by atoms with Gasteiger partial charge in [0.2, 0.25) is 5.91 Å². The Morgan fingerprint density at radius 3 is 2.55 bits per heavy atom. The molecule has 0 bridgehead atoms. The first-order chi connectivity index (χ1) is 14.0. The molecule has 0 saturated carbocycles. The number of sulfonamides is 1. The number of piperidine rings is 1. The average Bonchev–Trinajstić information content (AvgIpc) is 3.44. The van der Waals surface area contributed by atoms with Gasteiger partial charge in [0.05, 0.1) is 12.7 Å². The number of nitrogens with one attached hydrogen (secondary N) is 1. The van der Waals surface area contributed by atoms with Gasteiger partial charge < -0.3 is 9.47 Å². The molecule has 1 amide bonds. The van der Waals surface area contributed by atoms with Gasteiger partial charge in [-0.05, 0) is 42.0 Å². The number of nitrogens with zero attached hydrogens (tertiary/aromatic N) is 3. The smallest absolute Gasteiger partial charge is 0.271 e. The van der Waals surface area contributed by atoms with Gasteiger partial charge in [0.15, 0.2) is 0 Å². The van der Waals surface area contributed by atoms with E-state index >= 15 is 0 Å². The van der Waals surface area contributed by atoms with Gasteiger partial charge >= 0.3 is 0 Å². The van der Waals surface area contributed by atoms with Crippen molar-refractivity contribution in [1.82, 2.24) is 14.5 Å². The summed E-state index contributed by atoms with van der Waals surface area (Å²) < 4.78 is 29.5. The number of hydrogen-bond donors (Lipinski definition) is 1. The molecule has 1 aromatic carbocycles. The maximum Gasteiger partial charge on any atom is 0.271 e. The van der Waals surface area contributed by atoms with Crippen LogP contribution < -0.4 is 4.72 Å². The standard InChI is InChI=1S/C20H22N4O3S2/c25-19(23-10-7-18(8-11-23)24-12-9-21-15-24)14-16-3-5-17(6-4-16)22-29(26,27)20-2-1-13-28-20/h1-6,9,12-13,15,18,22H,7-8,10-11,14H2. The van der Waals surface area contributed by atoms with Gasteiger partial charge in [-0.1, -0.05) is 18.2 Å². The maximum atomic E-state index is 12.6. The molecule has 0 unspecified atom stereocenters. The van der Waals surface area contributed by atoms with Crippen molar-refractivity contribution in [2.75, 3.05) is 17.8 Å². The Bertz CT molecular complexity index is 1040. The molecule has 1 N–H and O–H groups in total. The third kappa shape index (κ3) is 4.68. The summed E-state index contributed by atoms with van der Waals surface area (Å²) in [4.78, 5) is 18.6. The second-order valence-corrected chi connectivity index (χ2v) is 9.89. The highest BCUT2D eigenvalue weighted by molar-refractivity contribution is 7.94. The quantitative estimate of drug-likeness (QED) is 0.651. The van der Waals surface area contributed by atoms with Crippen molar-refractivity contribution in [3.8, 4) is 0 Å². The van der Waals surface area contributed by atoms with E-state index in [0.29, 0.717) is 18.2 Å². The first-order valence-corrected chi connectivity index (χ1v) is 11.8. The van der Waals surface area contributed by atoms with Crippen LogP contribution in [-0.4, -0.2) is 41.9 Å². The fourth-order valence-electron chi connectivity index (χ4n) is 3.50. The highest BCUT2D eigenvalue weighted by atomic mass is 32.2. The first kappa shape index (κ1) is 19.7. The van der Waals surface area contributed by atoms with Crippen LogP contribution >= 0.6 is 11.3 Å². The molecule has 2 aromatic heterocycles. The van der Waals surface area contributed by atoms with E-state index in [-0.39, 0.29) is 10.1 Å². The van der Waals surface area contributed by atoms with Crippen LogP contribution in [0.2, 0.25) is 0 Å². The summed E-state index contributed by atoms with van der Waals surface area (Å²) >= 11 is 1.17. The molecule has 1 aliphatic heterocycles. The number of imidazole rings is 1. The fourth-order valence-corrected chi connectivity index (χ4v) is 5.55. The molecule has 29 heavy (non-hydrogen) atoms. The Morgan fingerprint density at radius 1 is 1.17 bits per heavy atom. The molecule has 0 radical (unpaired) electrons. The Morgan fingerprint density at radius 2 is 1.93 bits per heavy atom. The van der Waals surface area contributed by atoms with Crippen molar-refractivity contribution in [3.05, 3.63) is 66.1 Å². The molecule has 1 saturated heterocycles. The minimum Gasteiger partial charge on any atom is -0.342 e. The van der Waals surface area contributed by atoms with Gasteiger partial charge in [0.25, 0.3) is 10.0 Å². The van der Waals surface area contributed by atoms with Crippen LogP contribution in [-0.2, 0) is 21.2 Å². The zero-order chi connectivity index (χ0) is 20.3. The van der Waals surface area contributed by atoms with E-state index < -0.39 is 10.0 Å². The average molecular weight is 431 g/mol. The van der Waals surface area contributed by atoms with Gasteiger partial charge in [-0.3, -0.25) is 9.52 Å². The Balaban J connectivity index is 1.31. The van der Waals surface area contributed by atoms with Crippen LogP contribution in [0.1, 0.15) is 24.4 Å². The predicted octanol–water partition coefficient (Wildman–Crippen LogP) is 3.15. The summed E-state index contributed by atoms with van der Waals surface area (Å²) in [6.07, 6.45) is 7.74. The Labute approximate surface area is 174 Å². The number of benzene rings is 1. The third-order valence-electron chi connectivity index (χ3n) is 5.09. The Hall–Kier alpha value is -2.65. The lowest BCUT2D eigenvalue weighted by Gasteiger charge is -2.32. The SMILES string of the molecule is O=C(Cc1ccc(NS(=O)(=O)c2cccs2)cc1)N1CCC(n2ccnc2)CC1. The first-order valence-electron chi connectivity index (χ1n) is 9.42. The lowest BCUT2D eigenvalue weighted by Crippen LogP contribution is -2.39. The van der Waals surface area contributed by atoms with Gasteiger partial charge in [-0.25, -0.2) is 13.4 Å². The molecular weight excluding hydrogens is 408 g/mol. The molecule has 9 heteroatoms. The maximum absolute atomic E-state index is 12.6. The summed E-state index contributed by atoms with van der Waals surface area (Å²) in [7, 11) is -3.56. The number of aromatic nitrogens is 2. The topological polar surface area (TPSA) is 84.3 Å². The van der Waals surface area contributed by atoms with Crippen molar-refractivity contribution in [3.63, 3.8) is 0 Å². The summed E-state index contributed by atoms with van der Waals surface area (Å²) in [5.41, 5.74) is 1.35. The highest BCUT2D eigenvalue weighted by Crippen LogP contribution is 2.23. The lowest BCUT2D eigenvalue weighted by atomic mass is 10.0. The molecule has 0 aliphatic carbocycles. The largest absolute Gasteiger partial charge is 0.342 e. The van der Waals surface area contributed by atoms with E-state index in [2.05, 4.69) is 14.3 Å². The number of hydrogen-bond acceptors (Lipinski definition) is 5. The van der Waals surface area contributed by atoms with Crippen LogP contribution in [0.15, 0.2) is 64.7 Å². The van der Waals surface area contributed by atoms with Crippen LogP contribution in [0.4, 0.5) is 5.69 Å². The summed E-state index contributed by atoms with van der Waals surface area (Å²) in [5.74, 6) is 0.0981. The van der Waals surface area contributed by atoms with E-state index in [1.54, 1.807) is 48.0 Å². The molecule has 3 aromatic rings. The number of amides is 1. The zero-order valence-corrected chi connectivity index (χ0v) is 17.4.